The molecule has 1 aliphatic rings. The molecule has 2 nitrogen and oxygen atoms in total. The molecule has 0 saturated carbocycles. The first-order chi connectivity index (χ1) is 12.4. The average molecular weight is 393 g/mol. The lowest BCUT2D eigenvalue weighted by Gasteiger charge is -2.35. The molecule has 0 radical (unpaired) electrons. The number of hydrogen-bond acceptors (Lipinski definition) is 3. The van der Waals surface area contributed by atoms with Crippen molar-refractivity contribution in [3.8, 4) is 0 Å². The Kier molecular flexibility index (Phi) is 4.36. The Morgan fingerprint density at radius 3 is 2.46 bits per heavy atom. The molecule has 26 heavy (non-hydrogen) atoms. The number of carbonyl (C=O) groups excluding carboxylic acids is 1. The number of benzene rings is 1. The van der Waals surface area contributed by atoms with Gasteiger partial charge in [-0.05, 0) is 59.1 Å². The van der Waals surface area contributed by atoms with Crippen LogP contribution in [0.3, 0.4) is 0 Å². The Bertz CT molecular complexity index is 913. The molecule has 0 N–H and O–H groups in total. The molecular weight excluding hydrogens is 379 g/mol. The zero-order chi connectivity index (χ0) is 18.3. The van der Waals surface area contributed by atoms with Crippen LogP contribution in [0.15, 0.2) is 53.2 Å². The van der Waals surface area contributed by atoms with Crippen LogP contribution in [0.1, 0.15) is 37.3 Å². The Hall–Kier alpha value is -2.12. The summed E-state index contributed by atoms with van der Waals surface area (Å²) in [7, 11) is 0. The van der Waals surface area contributed by atoms with Gasteiger partial charge in [-0.3, -0.25) is 4.79 Å². The Morgan fingerprint density at radius 1 is 1.04 bits per heavy atom. The van der Waals surface area contributed by atoms with E-state index in [2.05, 4.69) is 0 Å². The maximum Gasteiger partial charge on any atom is 0.416 e. The van der Waals surface area contributed by atoms with E-state index in [1.165, 1.54) is 17.0 Å². The summed E-state index contributed by atoms with van der Waals surface area (Å²) in [6.45, 7) is 0.552. The number of fused-ring (bicyclic) bond motifs is 1. The van der Waals surface area contributed by atoms with Gasteiger partial charge < -0.3 is 4.90 Å². The minimum Gasteiger partial charge on any atom is -0.326 e. The average Bonchev–Trinajstić information content (AvgIpc) is 3.31. The summed E-state index contributed by atoms with van der Waals surface area (Å²) in [5, 5.41) is 3.99. The minimum atomic E-state index is -4.40. The van der Waals surface area contributed by atoms with Crippen molar-refractivity contribution in [3.63, 3.8) is 0 Å². The fourth-order valence-electron chi connectivity index (χ4n) is 3.26. The van der Waals surface area contributed by atoms with Gasteiger partial charge in [0.15, 0.2) is 0 Å². The summed E-state index contributed by atoms with van der Waals surface area (Å²) in [6, 6.07) is 10.3. The van der Waals surface area contributed by atoms with Crippen LogP contribution in [0.25, 0.3) is 0 Å². The molecule has 1 aromatic carbocycles. The van der Waals surface area contributed by atoms with Crippen LogP contribution in [0.4, 0.5) is 13.2 Å². The predicted molar refractivity (Wildman–Crippen MR) is 96.7 cm³/mol. The summed E-state index contributed by atoms with van der Waals surface area (Å²) in [5.74, 6) is -0.242. The van der Waals surface area contributed by atoms with Gasteiger partial charge >= 0.3 is 6.18 Å². The third kappa shape index (κ3) is 3.05. The fraction of sp³-hybridized carbons (Fsp3) is 0.211. The number of alkyl halides is 3. The van der Waals surface area contributed by atoms with Gasteiger partial charge in [0.05, 0.1) is 11.6 Å². The second-order valence-electron chi connectivity index (χ2n) is 6.04. The highest BCUT2D eigenvalue weighted by Crippen LogP contribution is 2.40. The van der Waals surface area contributed by atoms with Gasteiger partial charge in [-0.2, -0.15) is 13.2 Å². The Balaban J connectivity index is 1.69. The number of carbonyl (C=O) groups is 1. The maximum atomic E-state index is 13.1. The summed E-state index contributed by atoms with van der Waals surface area (Å²) < 4.78 is 38.3. The first kappa shape index (κ1) is 17.3. The highest BCUT2D eigenvalue weighted by Gasteiger charge is 2.35. The highest BCUT2D eigenvalue weighted by molar-refractivity contribution is 7.10. The third-order valence-electron chi connectivity index (χ3n) is 4.50. The molecule has 134 valence electrons. The van der Waals surface area contributed by atoms with Crippen molar-refractivity contribution in [1.29, 1.82) is 0 Å². The zero-order valence-corrected chi connectivity index (χ0v) is 15.1. The molecule has 0 spiro atoms. The highest BCUT2D eigenvalue weighted by atomic mass is 32.1. The molecule has 1 unspecified atom stereocenters. The Labute approximate surface area is 156 Å². The van der Waals surface area contributed by atoms with Crippen LogP contribution in [0, 0.1) is 0 Å². The molecule has 2 aromatic heterocycles. The summed E-state index contributed by atoms with van der Waals surface area (Å²) >= 11 is 3.26. The molecule has 1 amide bonds. The van der Waals surface area contributed by atoms with Crippen LogP contribution >= 0.6 is 22.7 Å². The van der Waals surface area contributed by atoms with Crippen LogP contribution in [0.5, 0.6) is 0 Å². The number of rotatable bonds is 2. The lowest BCUT2D eigenvalue weighted by molar-refractivity contribution is -0.137. The van der Waals surface area contributed by atoms with Crippen molar-refractivity contribution in [1.82, 2.24) is 4.90 Å². The van der Waals surface area contributed by atoms with Crippen molar-refractivity contribution in [3.05, 3.63) is 79.7 Å². The van der Waals surface area contributed by atoms with Crippen LogP contribution < -0.4 is 0 Å². The van der Waals surface area contributed by atoms with E-state index in [1.54, 1.807) is 27.6 Å². The molecule has 7 heteroatoms. The topological polar surface area (TPSA) is 20.3 Å². The molecule has 4 rings (SSSR count). The van der Waals surface area contributed by atoms with E-state index in [1.807, 2.05) is 29.0 Å². The summed E-state index contributed by atoms with van der Waals surface area (Å²) in [5.41, 5.74) is 0.643. The molecule has 3 aromatic rings. The normalized spacial score (nSPS) is 17.2. The lowest BCUT2D eigenvalue weighted by atomic mass is 9.97. The van der Waals surface area contributed by atoms with Gasteiger partial charge in [0.1, 0.15) is 0 Å². The Morgan fingerprint density at radius 2 is 1.81 bits per heavy atom. The minimum absolute atomic E-state index is 0.181. The van der Waals surface area contributed by atoms with Crippen molar-refractivity contribution in [2.24, 2.45) is 0 Å². The van der Waals surface area contributed by atoms with Crippen molar-refractivity contribution in [2.75, 3.05) is 6.54 Å². The van der Waals surface area contributed by atoms with E-state index in [9.17, 15) is 18.0 Å². The molecular formula is C19H14F3NOS2. The van der Waals surface area contributed by atoms with E-state index in [-0.39, 0.29) is 17.5 Å². The van der Waals surface area contributed by atoms with E-state index in [4.69, 9.17) is 0 Å². The molecule has 1 aliphatic heterocycles. The van der Waals surface area contributed by atoms with Gasteiger partial charge in [0.2, 0.25) is 0 Å². The number of amides is 1. The van der Waals surface area contributed by atoms with Gasteiger partial charge in [-0.15, -0.1) is 22.7 Å². The van der Waals surface area contributed by atoms with Crippen molar-refractivity contribution in [2.45, 2.75) is 18.6 Å². The number of thiophene rings is 2. The van der Waals surface area contributed by atoms with Crippen molar-refractivity contribution < 1.29 is 18.0 Å². The smallest absolute Gasteiger partial charge is 0.326 e. The number of nitrogens with zero attached hydrogens (tertiary/aromatic N) is 1. The quantitative estimate of drug-likeness (QED) is 0.554. The molecule has 0 bridgehead atoms. The summed E-state index contributed by atoms with van der Waals surface area (Å²) in [6.07, 6.45) is -3.64. The molecule has 0 fully saturated rings. The first-order valence-electron chi connectivity index (χ1n) is 8.03. The first-order valence-corrected chi connectivity index (χ1v) is 9.79. The maximum absolute atomic E-state index is 13.1. The van der Waals surface area contributed by atoms with Gasteiger partial charge in [0.25, 0.3) is 5.91 Å². The summed E-state index contributed by atoms with van der Waals surface area (Å²) in [4.78, 5) is 17.1. The third-order valence-corrected chi connectivity index (χ3v) is 6.42. The number of hydrogen-bond donors (Lipinski definition) is 0. The van der Waals surface area contributed by atoms with E-state index in [0.29, 0.717) is 6.54 Å². The monoisotopic (exact) mass is 393 g/mol. The SMILES string of the molecule is O=C(c1ccc(C(F)(F)F)cc1)N1CCc2sccc2C1c1cccs1. The van der Waals surface area contributed by atoms with E-state index < -0.39 is 11.7 Å². The second kappa shape index (κ2) is 6.55. The molecule has 0 saturated heterocycles. The van der Waals surface area contributed by atoms with Crippen LogP contribution in [-0.2, 0) is 12.6 Å². The van der Waals surface area contributed by atoms with E-state index >= 15 is 0 Å². The largest absolute Gasteiger partial charge is 0.416 e. The van der Waals surface area contributed by atoms with Crippen LogP contribution in [-0.4, -0.2) is 17.4 Å². The van der Waals surface area contributed by atoms with Crippen LogP contribution in [0.2, 0.25) is 0 Å². The van der Waals surface area contributed by atoms with Gasteiger partial charge in [0, 0.05) is 21.9 Å². The predicted octanol–water partition coefficient (Wildman–Crippen LogP) is 5.62. The number of halogens is 3. The fourth-order valence-corrected chi connectivity index (χ4v) is 5.01. The standard InChI is InChI=1S/C19H14F3NOS2/c20-19(21,22)13-5-3-12(4-6-13)18(24)23-9-7-15-14(8-11-26-15)17(23)16-2-1-10-25-16/h1-6,8,10-11,17H,7,9H2. The van der Waals surface area contributed by atoms with Gasteiger partial charge in [-0.1, -0.05) is 6.07 Å². The molecule has 1 atom stereocenters. The lowest BCUT2D eigenvalue weighted by Crippen LogP contribution is -2.39. The zero-order valence-electron chi connectivity index (χ0n) is 13.5. The molecule has 3 heterocycles. The second-order valence-corrected chi connectivity index (χ2v) is 8.02. The van der Waals surface area contributed by atoms with Gasteiger partial charge in [-0.25, -0.2) is 0 Å². The van der Waals surface area contributed by atoms with E-state index in [0.717, 1.165) is 29.0 Å². The molecule has 0 aliphatic carbocycles. The van der Waals surface area contributed by atoms with Crippen molar-refractivity contribution >= 4 is 28.6 Å².